The number of amides is 1. The van der Waals surface area contributed by atoms with E-state index in [1.54, 1.807) is 6.07 Å². The van der Waals surface area contributed by atoms with Gasteiger partial charge in [-0.1, -0.05) is 49.9 Å². The molecule has 0 spiro atoms. The van der Waals surface area contributed by atoms with E-state index in [0.29, 0.717) is 18.0 Å². The van der Waals surface area contributed by atoms with Gasteiger partial charge in [-0.05, 0) is 55.6 Å². The molecule has 0 bridgehead atoms. The van der Waals surface area contributed by atoms with Crippen LogP contribution in [-0.4, -0.2) is 59.1 Å². The molecule has 37 heavy (non-hydrogen) atoms. The van der Waals surface area contributed by atoms with Crippen LogP contribution in [0, 0.1) is 17.3 Å². The number of hydrogen-bond acceptors (Lipinski definition) is 4. The Morgan fingerprint density at radius 3 is 2.59 bits per heavy atom. The number of carboxylic acids is 1. The molecular formula is C28H40ClF2N3O3. The van der Waals surface area contributed by atoms with Crippen LogP contribution in [0.2, 0.25) is 5.02 Å². The van der Waals surface area contributed by atoms with Gasteiger partial charge in [-0.2, -0.15) is 0 Å². The molecule has 1 saturated carbocycles. The van der Waals surface area contributed by atoms with Gasteiger partial charge in [0.05, 0.1) is 18.0 Å². The minimum absolute atomic E-state index is 0.0934. The molecule has 2 aliphatic heterocycles. The van der Waals surface area contributed by atoms with E-state index in [9.17, 15) is 23.5 Å². The summed E-state index contributed by atoms with van der Waals surface area (Å²) < 4.78 is 27.3. The van der Waals surface area contributed by atoms with E-state index in [1.807, 2.05) is 11.8 Å². The lowest BCUT2D eigenvalue weighted by atomic mass is 9.75. The first-order valence-corrected chi connectivity index (χ1v) is 14.1. The number of halogens is 3. The Morgan fingerprint density at radius 2 is 1.89 bits per heavy atom. The lowest BCUT2D eigenvalue weighted by Gasteiger charge is -2.41. The normalized spacial score (nSPS) is 28.0. The Labute approximate surface area is 223 Å². The van der Waals surface area contributed by atoms with Crippen LogP contribution < -0.4 is 5.32 Å². The van der Waals surface area contributed by atoms with Crippen LogP contribution >= 0.6 is 11.6 Å². The average molecular weight is 540 g/mol. The molecule has 1 amide bonds. The third kappa shape index (κ3) is 6.63. The van der Waals surface area contributed by atoms with Gasteiger partial charge in [0.2, 0.25) is 5.91 Å². The van der Waals surface area contributed by atoms with E-state index in [-0.39, 0.29) is 48.1 Å². The lowest BCUT2D eigenvalue weighted by Crippen LogP contribution is -2.57. The zero-order valence-electron chi connectivity index (χ0n) is 21.7. The Hall–Kier alpha value is -1.77. The van der Waals surface area contributed by atoms with Crippen LogP contribution in [0.5, 0.6) is 0 Å². The zero-order chi connectivity index (χ0) is 26.6. The number of alkyl halides is 2. The van der Waals surface area contributed by atoms with Crippen LogP contribution in [0.3, 0.4) is 0 Å². The van der Waals surface area contributed by atoms with E-state index in [0.717, 1.165) is 32.4 Å². The topological polar surface area (TPSA) is 72.9 Å². The van der Waals surface area contributed by atoms with Gasteiger partial charge in [-0.3, -0.25) is 19.4 Å². The molecule has 206 valence electrons. The predicted octanol–water partition coefficient (Wildman–Crippen LogP) is 5.70. The van der Waals surface area contributed by atoms with Crippen LogP contribution in [-0.2, 0) is 16.1 Å². The van der Waals surface area contributed by atoms with Crippen molar-refractivity contribution >= 4 is 23.5 Å². The van der Waals surface area contributed by atoms with Crippen LogP contribution in [0.4, 0.5) is 8.78 Å². The lowest BCUT2D eigenvalue weighted by molar-refractivity contribution is -0.147. The van der Waals surface area contributed by atoms with Crippen molar-refractivity contribution in [1.82, 2.24) is 15.1 Å². The molecule has 6 nitrogen and oxygen atoms in total. The standard InChI is InChI=1S/C28H40ClF2N3O3/c1-19-15-33(17-22-21(26(30)31)10-7-11-23(22)29)18-28(19,14-25(35)36)27(37)32-24-12-5-6-13-34(24)16-20-8-3-2-4-9-20/h7,10-11,19-20,24,26H,2-6,8-9,12-18H2,1H3,(H,32,37)(H,35,36)/t19-,24?,28+/m0/s1. The van der Waals surface area contributed by atoms with Gasteiger partial charge in [0.25, 0.3) is 6.43 Å². The van der Waals surface area contributed by atoms with E-state index < -0.39 is 17.8 Å². The molecule has 2 N–H and O–H groups in total. The van der Waals surface area contributed by atoms with Gasteiger partial charge in [0.15, 0.2) is 0 Å². The predicted molar refractivity (Wildman–Crippen MR) is 139 cm³/mol. The summed E-state index contributed by atoms with van der Waals surface area (Å²) in [5.74, 6) is -0.868. The largest absolute Gasteiger partial charge is 0.481 e. The highest BCUT2D eigenvalue weighted by molar-refractivity contribution is 6.31. The molecule has 4 rings (SSSR count). The number of aliphatic carboxylic acids is 1. The summed E-state index contributed by atoms with van der Waals surface area (Å²) in [5, 5.41) is 13.3. The van der Waals surface area contributed by atoms with E-state index in [4.69, 9.17) is 11.6 Å². The number of rotatable bonds is 9. The van der Waals surface area contributed by atoms with Crippen LogP contribution in [0.25, 0.3) is 0 Å². The third-order valence-electron chi connectivity index (χ3n) is 8.80. The molecule has 9 heteroatoms. The van der Waals surface area contributed by atoms with Crippen molar-refractivity contribution in [3.8, 4) is 0 Å². The SMILES string of the molecule is C[C@H]1CN(Cc2c(Cl)cccc2C(F)F)C[C@@]1(CC(=O)O)C(=O)NC1CCCCN1CC1CCCCC1. The van der Waals surface area contributed by atoms with Crippen LogP contribution in [0.1, 0.15) is 82.3 Å². The van der Waals surface area contributed by atoms with Crippen molar-refractivity contribution in [1.29, 1.82) is 0 Å². The number of nitrogens with zero attached hydrogens (tertiary/aromatic N) is 2. The van der Waals surface area contributed by atoms with Crippen molar-refractivity contribution in [2.45, 2.75) is 83.8 Å². The maximum Gasteiger partial charge on any atom is 0.304 e. The number of hydrogen-bond donors (Lipinski definition) is 2. The van der Waals surface area contributed by atoms with Crippen LogP contribution in [0.15, 0.2) is 18.2 Å². The molecule has 1 aromatic carbocycles. The second-order valence-electron chi connectivity index (χ2n) is 11.4. The second kappa shape index (κ2) is 12.4. The Kier molecular flexibility index (Phi) is 9.46. The fourth-order valence-corrected chi connectivity index (χ4v) is 6.96. The quantitative estimate of drug-likeness (QED) is 0.421. The number of likely N-dealkylation sites (tertiary alicyclic amines) is 2. The highest BCUT2D eigenvalue weighted by Crippen LogP contribution is 2.42. The molecule has 3 fully saturated rings. The van der Waals surface area contributed by atoms with Gasteiger partial charge < -0.3 is 10.4 Å². The summed E-state index contributed by atoms with van der Waals surface area (Å²) in [6.07, 6.45) is 6.24. The summed E-state index contributed by atoms with van der Waals surface area (Å²) in [4.78, 5) is 30.1. The smallest absolute Gasteiger partial charge is 0.304 e. The number of piperidine rings is 1. The molecule has 1 aliphatic carbocycles. The highest BCUT2D eigenvalue weighted by Gasteiger charge is 2.52. The van der Waals surface area contributed by atoms with E-state index in [2.05, 4.69) is 10.2 Å². The van der Waals surface area contributed by atoms with Gasteiger partial charge >= 0.3 is 5.97 Å². The molecule has 3 aliphatic rings. The van der Waals surface area contributed by atoms with Gasteiger partial charge in [-0.15, -0.1) is 0 Å². The summed E-state index contributed by atoms with van der Waals surface area (Å²) in [6.45, 7) is 4.58. The highest BCUT2D eigenvalue weighted by atomic mass is 35.5. The monoisotopic (exact) mass is 539 g/mol. The first-order chi connectivity index (χ1) is 17.7. The Bertz CT molecular complexity index is 959. The maximum absolute atomic E-state index is 13.9. The number of carbonyl (C=O) groups is 2. The minimum Gasteiger partial charge on any atom is -0.481 e. The van der Waals surface area contributed by atoms with Crippen molar-refractivity contribution in [2.75, 3.05) is 26.2 Å². The van der Waals surface area contributed by atoms with Gasteiger partial charge in [-0.25, -0.2) is 8.78 Å². The molecule has 1 aromatic rings. The van der Waals surface area contributed by atoms with Gasteiger partial charge in [0.1, 0.15) is 0 Å². The first kappa shape index (κ1) is 28.2. The summed E-state index contributed by atoms with van der Waals surface area (Å²) in [5.41, 5.74) is -0.920. The average Bonchev–Trinajstić information content (AvgIpc) is 3.17. The molecular weight excluding hydrogens is 500 g/mol. The van der Waals surface area contributed by atoms with Crippen molar-refractivity contribution in [2.24, 2.45) is 17.3 Å². The fraction of sp³-hybridized carbons (Fsp3) is 0.714. The van der Waals surface area contributed by atoms with E-state index >= 15 is 0 Å². The first-order valence-electron chi connectivity index (χ1n) is 13.7. The van der Waals surface area contributed by atoms with E-state index in [1.165, 1.54) is 44.2 Å². The Morgan fingerprint density at radius 1 is 1.16 bits per heavy atom. The molecule has 0 radical (unpaired) electrons. The number of benzene rings is 1. The van der Waals surface area contributed by atoms with Crippen molar-refractivity contribution < 1.29 is 23.5 Å². The maximum atomic E-state index is 13.9. The third-order valence-corrected chi connectivity index (χ3v) is 9.15. The molecule has 1 unspecified atom stereocenters. The molecule has 3 atom stereocenters. The summed E-state index contributed by atoms with van der Waals surface area (Å²) >= 11 is 6.29. The second-order valence-corrected chi connectivity index (χ2v) is 11.8. The fourth-order valence-electron chi connectivity index (χ4n) is 6.72. The zero-order valence-corrected chi connectivity index (χ0v) is 22.5. The number of nitrogens with one attached hydrogen (secondary N) is 1. The number of carboxylic acid groups (broad SMARTS) is 1. The van der Waals surface area contributed by atoms with Crippen molar-refractivity contribution in [3.63, 3.8) is 0 Å². The molecule has 0 aromatic heterocycles. The minimum atomic E-state index is -2.66. The summed E-state index contributed by atoms with van der Waals surface area (Å²) in [7, 11) is 0. The van der Waals surface area contributed by atoms with Gasteiger partial charge in [0, 0.05) is 43.3 Å². The molecule has 2 heterocycles. The summed E-state index contributed by atoms with van der Waals surface area (Å²) in [6, 6.07) is 4.46. The molecule has 2 saturated heterocycles. The number of carbonyl (C=O) groups excluding carboxylic acids is 1. The Balaban J connectivity index is 1.50. The van der Waals surface area contributed by atoms with Crippen molar-refractivity contribution in [3.05, 3.63) is 34.3 Å².